The fraction of sp³-hybridized carbons (Fsp3) is 0.133. The zero-order valence-corrected chi connectivity index (χ0v) is 14.6. The van der Waals surface area contributed by atoms with Crippen molar-refractivity contribution in [3.8, 4) is 11.5 Å². The van der Waals surface area contributed by atoms with Crippen LogP contribution in [0.3, 0.4) is 0 Å². The quantitative estimate of drug-likeness (QED) is 0.818. The lowest BCUT2D eigenvalue weighted by atomic mass is 10.1. The summed E-state index contributed by atoms with van der Waals surface area (Å²) in [5.74, 6) is 0.743. The molecule has 2 aromatic carbocycles. The summed E-state index contributed by atoms with van der Waals surface area (Å²) >= 11 is 3.41. The van der Waals surface area contributed by atoms with Crippen LogP contribution in [0, 0.1) is 0 Å². The Hall–Kier alpha value is -2.10. The van der Waals surface area contributed by atoms with Crippen molar-refractivity contribution in [3.63, 3.8) is 0 Å². The number of carbonyl (C=O) groups excluding carboxylic acids is 1. The molecule has 0 fully saturated rings. The molecule has 2 aliphatic rings. The van der Waals surface area contributed by atoms with Gasteiger partial charge in [0.1, 0.15) is 0 Å². The van der Waals surface area contributed by atoms with Gasteiger partial charge in [0.15, 0.2) is 11.5 Å². The number of halogens is 1. The number of ether oxygens (including phenoxy) is 2. The molecule has 4 rings (SSSR count). The highest BCUT2D eigenvalue weighted by Crippen LogP contribution is 2.37. The third-order valence-electron chi connectivity index (χ3n) is 3.75. The second-order valence-corrected chi connectivity index (χ2v) is 7.76. The Bertz CT molecular complexity index is 960. The molecule has 2 aliphatic heterocycles. The molecule has 2 aromatic rings. The average Bonchev–Trinajstić information content (AvgIpc) is 2.99. The highest BCUT2D eigenvalue weighted by Gasteiger charge is 2.34. The Morgan fingerprint density at radius 1 is 1.17 bits per heavy atom. The predicted molar refractivity (Wildman–Crippen MR) is 86.9 cm³/mol. The molecule has 24 heavy (non-hydrogen) atoms. The molecule has 0 bridgehead atoms. The second kappa shape index (κ2) is 5.47. The number of hydrogen-bond donors (Lipinski definition) is 1. The topological polar surface area (TPSA) is 84.9 Å². The molecule has 0 saturated carbocycles. The predicted octanol–water partition coefficient (Wildman–Crippen LogP) is 2.03. The van der Waals surface area contributed by atoms with Crippen molar-refractivity contribution in [2.24, 2.45) is 0 Å². The van der Waals surface area contributed by atoms with Gasteiger partial charge in [-0.3, -0.25) is 9.80 Å². The number of rotatable bonds is 2. The summed E-state index contributed by atoms with van der Waals surface area (Å²) in [7, 11) is -3.78. The Morgan fingerprint density at radius 3 is 2.67 bits per heavy atom. The Balaban J connectivity index is 1.71. The molecule has 124 valence electrons. The molecule has 0 radical (unpaired) electrons. The molecular formula is C15H11BrN2O5S. The lowest BCUT2D eigenvalue weighted by Crippen LogP contribution is -2.49. The van der Waals surface area contributed by atoms with Crippen LogP contribution in [0.4, 0.5) is 0 Å². The van der Waals surface area contributed by atoms with Crippen LogP contribution in [-0.4, -0.2) is 26.1 Å². The molecule has 7 nitrogen and oxygen atoms in total. The molecule has 0 saturated heterocycles. The number of benzene rings is 2. The Labute approximate surface area is 146 Å². The van der Waals surface area contributed by atoms with E-state index in [0.29, 0.717) is 21.5 Å². The molecule has 0 atom stereocenters. The Morgan fingerprint density at radius 2 is 1.88 bits per heavy atom. The highest BCUT2D eigenvalue weighted by atomic mass is 79.9. The number of nitrogens with one attached hydrogen (secondary N) is 1. The van der Waals surface area contributed by atoms with E-state index in [9.17, 15) is 13.2 Å². The van der Waals surface area contributed by atoms with Crippen LogP contribution in [0.1, 0.15) is 15.9 Å². The summed E-state index contributed by atoms with van der Waals surface area (Å²) in [6.07, 6.45) is 0. The lowest BCUT2D eigenvalue weighted by molar-refractivity contribution is 0.0687. The van der Waals surface area contributed by atoms with Gasteiger partial charge in [-0.05, 0) is 29.8 Å². The maximum Gasteiger partial charge on any atom is 0.270 e. The molecule has 0 aliphatic carbocycles. The fourth-order valence-corrected chi connectivity index (χ4v) is 4.30. The minimum atomic E-state index is -3.78. The van der Waals surface area contributed by atoms with Crippen LogP contribution in [-0.2, 0) is 16.6 Å². The van der Waals surface area contributed by atoms with Gasteiger partial charge in [0.25, 0.3) is 15.9 Å². The molecule has 2 heterocycles. The van der Waals surface area contributed by atoms with Crippen LogP contribution in [0.15, 0.2) is 45.8 Å². The van der Waals surface area contributed by atoms with E-state index < -0.39 is 15.9 Å². The van der Waals surface area contributed by atoms with E-state index in [2.05, 4.69) is 20.8 Å². The van der Waals surface area contributed by atoms with Crippen molar-refractivity contribution in [1.29, 1.82) is 0 Å². The number of nitrogens with zero attached hydrogens (tertiary/aromatic N) is 1. The minimum Gasteiger partial charge on any atom is -0.454 e. The standard InChI is InChI=1S/C15H11BrN2O5S/c16-11-6-13-12(22-8-23-13)5-9(11)7-18-15(19)10-3-1-2-4-14(10)24(20,21)17-18/h1-6,17H,7-8H2. The number of amides is 1. The second-order valence-electron chi connectivity index (χ2n) is 5.28. The van der Waals surface area contributed by atoms with Gasteiger partial charge in [0.2, 0.25) is 6.79 Å². The molecule has 9 heteroatoms. The number of sulfonamides is 1. The van der Waals surface area contributed by atoms with E-state index in [0.717, 1.165) is 5.01 Å². The van der Waals surface area contributed by atoms with Crippen LogP contribution in [0.5, 0.6) is 11.5 Å². The largest absolute Gasteiger partial charge is 0.454 e. The van der Waals surface area contributed by atoms with Gasteiger partial charge in [0.05, 0.1) is 17.0 Å². The summed E-state index contributed by atoms with van der Waals surface area (Å²) in [4.78, 5) is 14.9. The van der Waals surface area contributed by atoms with Gasteiger partial charge in [-0.2, -0.15) is 0 Å². The first-order valence-electron chi connectivity index (χ1n) is 6.97. The van der Waals surface area contributed by atoms with Crippen molar-refractivity contribution < 1.29 is 22.7 Å². The van der Waals surface area contributed by atoms with E-state index in [1.54, 1.807) is 24.3 Å². The van der Waals surface area contributed by atoms with Gasteiger partial charge < -0.3 is 9.47 Å². The van der Waals surface area contributed by atoms with Gasteiger partial charge in [-0.1, -0.05) is 28.1 Å². The smallest absolute Gasteiger partial charge is 0.270 e. The van der Waals surface area contributed by atoms with E-state index >= 15 is 0 Å². The minimum absolute atomic E-state index is 0.0176. The van der Waals surface area contributed by atoms with E-state index in [-0.39, 0.29) is 23.8 Å². The van der Waals surface area contributed by atoms with Crippen LogP contribution >= 0.6 is 15.9 Å². The van der Waals surface area contributed by atoms with E-state index in [4.69, 9.17) is 9.47 Å². The van der Waals surface area contributed by atoms with Gasteiger partial charge in [0, 0.05) is 4.47 Å². The SMILES string of the molecule is O=C1c2ccccc2S(=O)(=O)NN1Cc1cc2c(cc1Br)OCO2. The number of hydrogen-bond acceptors (Lipinski definition) is 5. The number of carbonyl (C=O) groups is 1. The molecule has 0 aromatic heterocycles. The number of hydrazine groups is 1. The summed E-state index contributed by atoms with van der Waals surface area (Å²) in [6.45, 7) is 0.178. The first kappa shape index (κ1) is 15.4. The summed E-state index contributed by atoms with van der Waals surface area (Å²) < 4.78 is 36.0. The lowest BCUT2D eigenvalue weighted by Gasteiger charge is -2.29. The fourth-order valence-electron chi connectivity index (χ4n) is 2.61. The number of fused-ring (bicyclic) bond motifs is 2. The maximum absolute atomic E-state index is 12.6. The molecular weight excluding hydrogens is 400 g/mol. The third-order valence-corrected chi connectivity index (χ3v) is 5.89. The van der Waals surface area contributed by atoms with Gasteiger partial charge in [-0.25, -0.2) is 8.42 Å². The Kier molecular flexibility index (Phi) is 3.52. The molecule has 1 N–H and O–H groups in total. The maximum atomic E-state index is 12.6. The summed E-state index contributed by atoms with van der Waals surface area (Å²) in [5, 5.41) is 1.07. The van der Waals surface area contributed by atoms with E-state index in [1.165, 1.54) is 12.1 Å². The van der Waals surface area contributed by atoms with Crippen LogP contribution in [0.25, 0.3) is 0 Å². The normalized spacial score (nSPS) is 17.7. The van der Waals surface area contributed by atoms with Crippen molar-refractivity contribution in [1.82, 2.24) is 9.84 Å². The molecule has 1 amide bonds. The monoisotopic (exact) mass is 410 g/mol. The van der Waals surface area contributed by atoms with Crippen LogP contribution in [0.2, 0.25) is 0 Å². The van der Waals surface area contributed by atoms with Gasteiger partial charge >= 0.3 is 0 Å². The van der Waals surface area contributed by atoms with Crippen LogP contribution < -0.4 is 14.3 Å². The highest BCUT2D eigenvalue weighted by molar-refractivity contribution is 9.10. The third kappa shape index (κ3) is 2.45. The van der Waals surface area contributed by atoms with E-state index in [1.807, 2.05) is 0 Å². The summed E-state index contributed by atoms with van der Waals surface area (Å²) in [6, 6.07) is 9.56. The molecule has 0 unspecified atom stereocenters. The first-order valence-corrected chi connectivity index (χ1v) is 9.25. The van der Waals surface area contributed by atoms with Crippen molar-refractivity contribution >= 4 is 31.9 Å². The van der Waals surface area contributed by atoms with Crippen molar-refractivity contribution in [3.05, 3.63) is 52.0 Å². The average molecular weight is 411 g/mol. The van der Waals surface area contributed by atoms with Gasteiger partial charge in [-0.15, -0.1) is 4.83 Å². The summed E-state index contributed by atoms with van der Waals surface area (Å²) in [5.41, 5.74) is 0.836. The molecule has 0 spiro atoms. The van der Waals surface area contributed by atoms with Crippen molar-refractivity contribution in [2.75, 3.05) is 6.79 Å². The zero-order valence-electron chi connectivity index (χ0n) is 12.2. The first-order chi connectivity index (χ1) is 11.5. The van der Waals surface area contributed by atoms with Crippen molar-refractivity contribution in [2.45, 2.75) is 11.4 Å². The zero-order chi connectivity index (χ0) is 16.9.